The molecule has 4 nitrogen and oxygen atoms in total. The predicted octanol–water partition coefficient (Wildman–Crippen LogP) is 0.0226. The summed E-state index contributed by atoms with van der Waals surface area (Å²) in [6.07, 6.45) is 0.0577. The molecule has 0 aromatic rings. The van der Waals surface area contributed by atoms with Crippen LogP contribution in [-0.2, 0) is 14.3 Å². The van der Waals surface area contributed by atoms with Crippen LogP contribution in [0.4, 0.5) is 0 Å². The van der Waals surface area contributed by atoms with Crippen LogP contribution in [0.3, 0.4) is 0 Å². The molecular weight excluding hydrogens is 136 g/mol. The molecule has 4 heteroatoms. The first-order valence-corrected chi connectivity index (χ1v) is 3.04. The molecule has 0 radical (unpaired) electrons. The lowest BCUT2D eigenvalue weighted by Gasteiger charge is -1.95. The number of carboxylic acids is 1. The largest absolute Gasteiger partial charge is 0.481 e. The molecule has 56 valence electrons. The van der Waals surface area contributed by atoms with Gasteiger partial charge in [0.25, 0.3) is 0 Å². The second-order valence-electron chi connectivity index (χ2n) is 2.37. The van der Waals surface area contributed by atoms with E-state index >= 15 is 0 Å². The molecule has 1 aliphatic rings. The standard InChI is InChI=1S/C6H8O4/c1-3-2-4(5(7)8)6(9)10-3/h3-4H,2H2,1H3,(H,7,8)/t3-,4+/m1/s1. The van der Waals surface area contributed by atoms with Crippen molar-refractivity contribution < 1.29 is 19.4 Å². The molecule has 1 aliphatic heterocycles. The van der Waals surface area contributed by atoms with Crippen molar-refractivity contribution >= 4 is 11.9 Å². The molecule has 1 fully saturated rings. The molecule has 1 rings (SSSR count). The second-order valence-corrected chi connectivity index (χ2v) is 2.37. The molecule has 0 saturated carbocycles. The van der Waals surface area contributed by atoms with Gasteiger partial charge in [0.05, 0.1) is 0 Å². The molecule has 0 spiro atoms. The van der Waals surface area contributed by atoms with Gasteiger partial charge in [-0.3, -0.25) is 9.59 Å². The van der Waals surface area contributed by atoms with Crippen molar-refractivity contribution in [1.82, 2.24) is 0 Å². The fourth-order valence-electron chi connectivity index (χ4n) is 0.958. The Hall–Kier alpha value is -1.06. The van der Waals surface area contributed by atoms with Crippen LogP contribution in [0.25, 0.3) is 0 Å². The van der Waals surface area contributed by atoms with Gasteiger partial charge in [-0.2, -0.15) is 0 Å². The molecule has 0 aliphatic carbocycles. The van der Waals surface area contributed by atoms with Gasteiger partial charge >= 0.3 is 11.9 Å². The Morgan fingerprint density at radius 3 is 2.60 bits per heavy atom. The third-order valence-electron chi connectivity index (χ3n) is 1.47. The summed E-state index contributed by atoms with van der Waals surface area (Å²) in [6.45, 7) is 1.68. The average molecular weight is 144 g/mol. The highest BCUT2D eigenvalue weighted by Crippen LogP contribution is 2.20. The highest BCUT2D eigenvalue weighted by molar-refractivity contribution is 5.95. The van der Waals surface area contributed by atoms with Crippen LogP contribution in [0.15, 0.2) is 0 Å². The maximum atomic E-state index is 10.6. The van der Waals surface area contributed by atoms with Crippen LogP contribution in [0.1, 0.15) is 13.3 Å². The molecule has 1 saturated heterocycles. The summed E-state index contributed by atoms with van der Waals surface area (Å²) >= 11 is 0. The van der Waals surface area contributed by atoms with Crippen molar-refractivity contribution in [2.45, 2.75) is 19.4 Å². The van der Waals surface area contributed by atoms with Crippen LogP contribution in [0.5, 0.6) is 0 Å². The van der Waals surface area contributed by atoms with E-state index in [4.69, 9.17) is 5.11 Å². The summed E-state index contributed by atoms with van der Waals surface area (Å²) in [4.78, 5) is 20.9. The lowest BCUT2D eigenvalue weighted by Crippen LogP contribution is -2.17. The van der Waals surface area contributed by atoms with Crippen LogP contribution in [0.2, 0.25) is 0 Å². The minimum Gasteiger partial charge on any atom is -0.481 e. The summed E-state index contributed by atoms with van der Waals surface area (Å²) in [5, 5.41) is 8.40. The summed E-state index contributed by atoms with van der Waals surface area (Å²) in [6, 6.07) is 0. The van der Waals surface area contributed by atoms with E-state index < -0.39 is 17.9 Å². The van der Waals surface area contributed by atoms with E-state index in [2.05, 4.69) is 4.74 Å². The predicted molar refractivity (Wildman–Crippen MR) is 31.3 cm³/mol. The number of carbonyl (C=O) groups excluding carboxylic acids is 1. The fraction of sp³-hybridized carbons (Fsp3) is 0.667. The Morgan fingerprint density at radius 1 is 1.80 bits per heavy atom. The number of rotatable bonds is 1. The van der Waals surface area contributed by atoms with Gasteiger partial charge in [-0.25, -0.2) is 0 Å². The molecule has 0 bridgehead atoms. The van der Waals surface area contributed by atoms with E-state index in [9.17, 15) is 9.59 Å². The zero-order valence-corrected chi connectivity index (χ0v) is 5.53. The van der Waals surface area contributed by atoms with Crippen molar-refractivity contribution in [2.24, 2.45) is 5.92 Å². The van der Waals surface area contributed by atoms with Crippen molar-refractivity contribution in [1.29, 1.82) is 0 Å². The lowest BCUT2D eigenvalue weighted by atomic mass is 10.1. The molecule has 0 amide bonds. The van der Waals surface area contributed by atoms with E-state index in [1.54, 1.807) is 6.92 Å². The number of aliphatic carboxylic acids is 1. The van der Waals surface area contributed by atoms with Crippen molar-refractivity contribution in [3.8, 4) is 0 Å². The van der Waals surface area contributed by atoms with Crippen LogP contribution in [0, 0.1) is 5.92 Å². The molecule has 1 N–H and O–H groups in total. The molecule has 0 unspecified atom stereocenters. The van der Waals surface area contributed by atoms with E-state index in [0.717, 1.165) is 0 Å². The van der Waals surface area contributed by atoms with E-state index in [1.165, 1.54) is 0 Å². The molecule has 2 atom stereocenters. The van der Waals surface area contributed by atoms with Gasteiger partial charge in [0.1, 0.15) is 6.10 Å². The Morgan fingerprint density at radius 2 is 2.40 bits per heavy atom. The van der Waals surface area contributed by atoms with E-state index in [0.29, 0.717) is 6.42 Å². The Labute approximate surface area is 57.8 Å². The highest BCUT2D eigenvalue weighted by Gasteiger charge is 2.37. The van der Waals surface area contributed by atoms with Crippen molar-refractivity contribution in [3.63, 3.8) is 0 Å². The summed E-state index contributed by atoms with van der Waals surface area (Å²) in [5.74, 6) is -2.63. The first kappa shape index (κ1) is 7.05. The highest BCUT2D eigenvalue weighted by atomic mass is 16.6. The van der Waals surface area contributed by atoms with Gasteiger partial charge in [0.2, 0.25) is 0 Å². The molecule has 10 heavy (non-hydrogen) atoms. The third kappa shape index (κ3) is 1.10. The number of hydrogen-bond donors (Lipinski definition) is 1. The minimum absolute atomic E-state index is 0.242. The first-order valence-electron chi connectivity index (χ1n) is 3.04. The Bertz CT molecular complexity index is 175. The minimum atomic E-state index is -1.09. The van der Waals surface area contributed by atoms with Gasteiger partial charge in [-0.1, -0.05) is 0 Å². The third-order valence-corrected chi connectivity index (χ3v) is 1.47. The number of ether oxygens (including phenoxy) is 1. The Kier molecular flexibility index (Phi) is 1.61. The maximum absolute atomic E-state index is 10.6. The smallest absolute Gasteiger partial charge is 0.320 e. The Balaban J connectivity index is 2.63. The SMILES string of the molecule is C[C@@H]1C[C@@H](C(=O)O)C(=O)O1. The van der Waals surface area contributed by atoms with E-state index in [-0.39, 0.29) is 6.10 Å². The maximum Gasteiger partial charge on any atom is 0.320 e. The monoisotopic (exact) mass is 144 g/mol. The van der Waals surface area contributed by atoms with Crippen LogP contribution >= 0.6 is 0 Å². The first-order chi connectivity index (χ1) is 4.61. The van der Waals surface area contributed by atoms with Gasteiger partial charge in [0, 0.05) is 6.42 Å². The van der Waals surface area contributed by atoms with Gasteiger partial charge in [-0.15, -0.1) is 0 Å². The lowest BCUT2D eigenvalue weighted by molar-refractivity contribution is -0.152. The summed E-state index contributed by atoms with van der Waals surface area (Å²) < 4.78 is 4.62. The molecule has 1 heterocycles. The number of cyclic esters (lactones) is 1. The van der Waals surface area contributed by atoms with Crippen molar-refractivity contribution in [2.75, 3.05) is 0 Å². The quantitative estimate of drug-likeness (QED) is 0.416. The van der Waals surface area contributed by atoms with Crippen LogP contribution < -0.4 is 0 Å². The normalized spacial score (nSPS) is 31.9. The summed E-state index contributed by atoms with van der Waals surface area (Å²) in [5.41, 5.74) is 0. The van der Waals surface area contributed by atoms with E-state index in [1.807, 2.05) is 0 Å². The summed E-state index contributed by atoms with van der Waals surface area (Å²) in [7, 11) is 0. The molecule has 0 aromatic carbocycles. The number of carbonyl (C=O) groups is 2. The van der Waals surface area contributed by atoms with Crippen molar-refractivity contribution in [3.05, 3.63) is 0 Å². The topological polar surface area (TPSA) is 63.6 Å². The van der Waals surface area contributed by atoms with Gasteiger partial charge in [0.15, 0.2) is 5.92 Å². The molecular formula is C6H8O4. The number of hydrogen-bond acceptors (Lipinski definition) is 3. The zero-order valence-electron chi connectivity index (χ0n) is 5.53. The number of carboxylic acid groups (broad SMARTS) is 1. The van der Waals surface area contributed by atoms with Crippen LogP contribution in [-0.4, -0.2) is 23.1 Å². The zero-order chi connectivity index (χ0) is 7.72. The fourth-order valence-corrected chi connectivity index (χ4v) is 0.958. The molecule has 0 aromatic heterocycles. The van der Waals surface area contributed by atoms with Gasteiger partial charge < -0.3 is 9.84 Å². The second kappa shape index (κ2) is 2.28. The average Bonchev–Trinajstić information content (AvgIpc) is 2.10. The van der Waals surface area contributed by atoms with Gasteiger partial charge in [-0.05, 0) is 6.92 Å². The number of esters is 1.